The number of carbonyl (C=O) groups is 6. The third-order valence-electron chi connectivity index (χ3n) is 4.46. The molecule has 0 aromatic rings. The van der Waals surface area contributed by atoms with Gasteiger partial charge in [0.05, 0.1) is 6.61 Å². The zero-order valence-electron chi connectivity index (χ0n) is 16.8. The summed E-state index contributed by atoms with van der Waals surface area (Å²) in [5.41, 5.74) is -1.65. The molecule has 1 unspecified atom stereocenters. The van der Waals surface area contributed by atoms with Gasteiger partial charge in [-0.25, -0.2) is 0 Å². The molecule has 6 atom stereocenters. The van der Waals surface area contributed by atoms with E-state index in [1.165, 1.54) is 0 Å². The van der Waals surface area contributed by atoms with Crippen LogP contribution in [0.25, 0.3) is 0 Å². The Morgan fingerprint density at radius 2 is 1.57 bits per heavy atom. The van der Waals surface area contributed by atoms with Crippen molar-refractivity contribution in [2.45, 2.75) is 63.2 Å². The SMILES string of the molecule is CC(=O)N[C@@H](C=O)[C@](OC(=O)[C@@H](N)CO)(C(C)=O)[C@](O)(C(C)=O)[C@H](O)C(O)C(C)=O. The highest BCUT2D eigenvalue weighted by molar-refractivity contribution is 6.03. The van der Waals surface area contributed by atoms with Crippen molar-refractivity contribution in [2.75, 3.05) is 6.61 Å². The molecule has 0 fully saturated rings. The first-order valence-electron chi connectivity index (χ1n) is 8.57. The van der Waals surface area contributed by atoms with Crippen molar-refractivity contribution in [3.05, 3.63) is 0 Å². The van der Waals surface area contributed by atoms with E-state index in [-0.39, 0.29) is 6.29 Å². The molecular formula is C17H26N2O11. The van der Waals surface area contributed by atoms with Gasteiger partial charge < -0.3 is 41.0 Å². The van der Waals surface area contributed by atoms with Crippen LogP contribution in [0.1, 0.15) is 27.7 Å². The molecule has 0 aromatic heterocycles. The second-order valence-electron chi connectivity index (χ2n) is 6.64. The summed E-state index contributed by atoms with van der Waals surface area (Å²) in [6, 6.07) is -4.09. The number of ether oxygens (including phenoxy) is 1. The van der Waals surface area contributed by atoms with Crippen molar-refractivity contribution in [3.8, 4) is 0 Å². The second-order valence-corrected chi connectivity index (χ2v) is 6.64. The van der Waals surface area contributed by atoms with Crippen molar-refractivity contribution in [3.63, 3.8) is 0 Å². The number of hydrogen-bond acceptors (Lipinski definition) is 12. The van der Waals surface area contributed by atoms with Crippen molar-refractivity contribution in [1.29, 1.82) is 0 Å². The summed E-state index contributed by atoms with van der Waals surface area (Å²) in [5.74, 6) is -6.67. The van der Waals surface area contributed by atoms with Crippen LogP contribution < -0.4 is 11.1 Å². The van der Waals surface area contributed by atoms with Crippen LogP contribution in [-0.4, -0.2) is 98.0 Å². The molecule has 170 valence electrons. The van der Waals surface area contributed by atoms with Gasteiger partial charge in [0, 0.05) is 6.92 Å². The molecule has 0 heterocycles. The zero-order chi connectivity index (χ0) is 24.0. The van der Waals surface area contributed by atoms with E-state index < -0.39 is 71.3 Å². The summed E-state index contributed by atoms with van der Waals surface area (Å²) >= 11 is 0. The summed E-state index contributed by atoms with van der Waals surface area (Å²) < 4.78 is 4.91. The molecule has 0 rings (SSSR count). The highest BCUT2D eigenvalue weighted by Crippen LogP contribution is 2.37. The Kier molecular flexibility index (Phi) is 9.55. The molecule has 0 aliphatic heterocycles. The molecule has 0 bridgehead atoms. The van der Waals surface area contributed by atoms with E-state index in [4.69, 9.17) is 15.6 Å². The number of Topliss-reactive ketones (excluding diaryl/α,β-unsaturated/α-hetero) is 3. The van der Waals surface area contributed by atoms with Gasteiger partial charge in [-0.2, -0.15) is 0 Å². The fraction of sp³-hybridized carbons (Fsp3) is 0.647. The van der Waals surface area contributed by atoms with Crippen LogP contribution in [0.3, 0.4) is 0 Å². The van der Waals surface area contributed by atoms with E-state index in [0.717, 1.165) is 13.8 Å². The minimum atomic E-state index is -3.61. The number of hydrogen-bond donors (Lipinski definition) is 6. The number of aldehydes is 1. The van der Waals surface area contributed by atoms with Gasteiger partial charge in [-0.1, -0.05) is 0 Å². The number of rotatable bonds is 12. The highest BCUT2D eigenvalue weighted by Gasteiger charge is 2.69. The Labute approximate surface area is 171 Å². The summed E-state index contributed by atoms with van der Waals surface area (Å²) in [6.45, 7) is 1.91. The number of aliphatic hydroxyl groups excluding tert-OH is 3. The van der Waals surface area contributed by atoms with Gasteiger partial charge in [-0.3, -0.25) is 24.0 Å². The van der Waals surface area contributed by atoms with Crippen molar-refractivity contribution < 1.29 is 53.9 Å². The van der Waals surface area contributed by atoms with Crippen LogP contribution in [0.15, 0.2) is 0 Å². The Morgan fingerprint density at radius 1 is 1.07 bits per heavy atom. The summed E-state index contributed by atoms with van der Waals surface area (Å²) in [7, 11) is 0. The number of aliphatic hydroxyl groups is 4. The number of nitrogens with one attached hydrogen (secondary N) is 1. The lowest BCUT2D eigenvalue weighted by molar-refractivity contribution is -0.232. The summed E-state index contributed by atoms with van der Waals surface area (Å²) in [4.78, 5) is 72.2. The molecule has 30 heavy (non-hydrogen) atoms. The fourth-order valence-corrected chi connectivity index (χ4v) is 2.84. The molecule has 0 saturated heterocycles. The Bertz CT molecular complexity index is 724. The maximum Gasteiger partial charge on any atom is 0.326 e. The summed E-state index contributed by atoms with van der Waals surface area (Å²) in [6.07, 6.45) is -5.42. The average molecular weight is 434 g/mol. The predicted molar refractivity (Wildman–Crippen MR) is 96.6 cm³/mol. The lowest BCUT2D eigenvalue weighted by Crippen LogP contribution is -2.79. The Balaban J connectivity index is 7.21. The topological polar surface area (TPSA) is 231 Å². The molecule has 0 spiro atoms. The van der Waals surface area contributed by atoms with Crippen LogP contribution in [0.5, 0.6) is 0 Å². The normalized spacial score (nSPS) is 19.1. The smallest absolute Gasteiger partial charge is 0.326 e. The highest BCUT2D eigenvalue weighted by atomic mass is 16.6. The standard InChI is InChI=1S/C17H26N2O11/c1-7(22)13(26)14(27)16(29,8(2)23)17(9(3)24,12(6-21)19-10(4)25)30-15(28)11(18)5-20/h6,11-14,20,26-27,29H,5,18H2,1-4H3,(H,19,25)/t11-,12-,13?,14+,16-,17+/m0/s1. The number of nitrogens with two attached hydrogens (primary N) is 1. The molecule has 0 saturated carbocycles. The molecule has 0 radical (unpaired) electrons. The fourth-order valence-electron chi connectivity index (χ4n) is 2.84. The first-order valence-corrected chi connectivity index (χ1v) is 8.57. The van der Waals surface area contributed by atoms with Crippen LogP contribution >= 0.6 is 0 Å². The molecule has 0 aliphatic rings. The number of ketones is 3. The number of amides is 1. The maximum absolute atomic E-state index is 12.7. The Hall–Kier alpha value is -2.58. The van der Waals surface area contributed by atoms with Crippen LogP contribution in [0.2, 0.25) is 0 Å². The number of esters is 1. The van der Waals surface area contributed by atoms with Crippen molar-refractivity contribution in [2.24, 2.45) is 5.73 Å². The molecule has 7 N–H and O–H groups in total. The van der Waals surface area contributed by atoms with E-state index in [9.17, 15) is 44.1 Å². The largest absolute Gasteiger partial charge is 0.443 e. The minimum absolute atomic E-state index is 0.165. The van der Waals surface area contributed by atoms with E-state index in [1.54, 1.807) is 0 Å². The molecule has 13 heteroatoms. The van der Waals surface area contributed by atoms with Gasteiger partial charge in [-0.15, -0.1) is 0 Å². The van der Waals surface area contributed by atoms with Gasteiger partial charge >= 0.3 is 5.97 Å². The third kappa shape index (κ3) is 4.94. The number of carbonyl (C=O) groups excluding carboxylic acids is 6. The predicted octanol–water partition coefficient (Wildman–Crippen LogP) is -4.49. The van der Waals surface area contributed by atoms with Gasteiger partial charge in [0.25, 0.3) is 0 Å². The molecular weight excluding hydrogens is 408 g/mol. The van der Waals surface area contributed by atoms with Gasteiger partial charge in [0.15, 0.2) is 17.3 Å². The minimum Gasteiger partial charge on any atom is -0.443 e. The van der Waals surface area contributed by atoms with Gasteiger partial charge in [0.2, 0.25) is 17.1 Å². The summed E-state index contributed by atoms with van der Waals surface area (Å²) in [5, 5.41) is 42.5. The van der Waals surface area contributed by atoms with Crippen molar-refractivity contribution in [1.82, 2.24) is 5.32 Å². The van der Waals surface area contributed by atoms with Crippen molar-refractivity contribution >= 4 is 35.5 Å². The lowest BCUT2D eigenvalue weighted by Gasteiger charge is -2.48. The van der Waals surface area contributed by atoms with E-state index in [2.05, 4.69) is 0 Å². The quantitative estimate of drug-likeness (QED) is 0.126. The molecule has 13 nitrogen and oxygen atoms in total. The first-order chi connectivity index (χ1) is 13.6. The van der Waals surface area contributed by atoms with E-state index >= 15 is 0 Å². The van der Waals surface area contributed by atoms with Gasteiger partial charge in [-0.05, 0) is 20.8 Å². The van der Waals surface area contributed by atoms with E-state index in [1.807, 2.05) is 5.32 Å². The van der Waals surface area contributed by atoms with Crippen LogP contribution in [0.4, 0.5) is 0 Å². The zero-order valence-corrected chi connectivity index (χ0v) is 16.8. The third-order valence-corrected chi connectivity index (χ3v) is 4.46. The average Bonchev–Trinajstić information content (AvgIpc) is 2.66. The Morgan fingerprint density at radius 3 is 1.87 bits per heavy atom. The lowest BCUT2D eigenvalue weighted by atomic mass is 9.67. The molecule has 0 aliphatic carbocycles. The maximum atomic E-state index is 12.7. The molecule has 1 amide bonds. The van der Waals surface area contributed by atoms with Gasteiger partial charge in [0.1, 0.15) is 30.6 Å². The second kappa shape index (κ2) is 10.4. The molecule has 0 aromatic carbocycles. The van der Waals surface area contributed by atoms with Crippen LogP contribution in [0, 0.1) is 0 Å². The van der Waals surface area contributed by atoms with E-state index in [0.29, 0.717) is 13.8 Å². The monoisotopic (exact) mass is 434 g/mol. The van der Waals surface area contributed by atoms with Crippen LogP contribution in [-0.2, 0) is 33.5 Å². The first kappa shape index (κ1) is 27.4.